The summed E-state index contributed by atoms with van der Waals surface area (Å²) in [6, 6.07) is 13.4. The van der Waals surface area contributed by atoms with Gasteiger partial charge in [-0.05, 0) is 54.7 Å². The Labute approximate surface area is 125 Å². The van der Waals surface area contributed by atoms with Crippen molar-refractivity contribution in [3.63, 3.8) is 0 Å². The Morgan fingerprint density at radius 2 is 1.38 bits per heavy atom. The number of aryl methyl sites for hydroxylation is 1. The second-order valence-electron chi connectivity index (χ2n) is 5.81. The van der Waals surface area contributed by atoms with Gasteiger partial charge in [-0.2, -0.15) is 0 Å². The molecule has 0 aliphatic heterocycles. The molecule has 0 radical (unpaired) electrons. The largest absolute Gasteiger partial charge is 0.508 e. The van der Waals surface area contributed by atoms with Crippen molar-refractivity contribution in [3.8, 4) is 11.5 Å². The van der Waals surface area contributed by atoms with Gasteiger partial charge in [0, 0.05) is 11.8 Å². The molecule has 2 aromatic rings. The quantitative estimate of drug-likeness (QED) is 0.788. The Bertz CT molecular complexity index is 656. The molecule has 3 rings (SSSR count). The predicted molar refractivity (Wildman–Crippen MR) is 84.8 cm³/mol. The highest BCUT2D eigenvalue weighted by Crippen LogP contribution is 2.36. The Morgan fingerprint density at radius 3 is 1.95 bits per heavy atom. The van der Waals surface area contributed by atoms with Gasteiger partial charge >= 0.3 is 0 Å². The minimum Gasteiger partial charge on any atom is -0.508 e. The van der Waals surface area contributed by atoms with Crippen LogP contribution in [0.3, 0.4) is 0 Å². The maximum absolute atomic E-state index is 9.62. The molecule has 108 valence electrons. The summed E-state index contributed by atoms with van der Waals surface area (Å²) in [5.41, 5.74) is 3.46. The minimum atomic E-state index is 0.316. The molecular weight excluding hydrogens is 260 g/mol. The maximum atomic E-state index is 9.62. The van der Waals surface area contributed by atoms with Gasteiger partial charge in [-0.1, -0.05) is 36.4 Å². The van der Waals surface area contributed by atoms with Crippen LogP contribution in [0.2, 0.25) is 0 Å². The van der Waals surface area contributed by atoms with E-state index in [2.05, 4.69) is 18.2 Å². The van der Waals surface area contributed by atoms with Crippen LogP contribution < -0.4 is 0 Å². The molecule has 21 heavy (non-hydrogen) atoms. The number of phenols is 2. The minimum absolute atomic E-state index is 0.316. The van der Waals surface area contributed by atoms with Crippen molar-refractivity contribution in [2.24, 2.45) is 0 Å². The first-order valence-corrected chi connectivity index (χ1v) is 7.40. The van der Waals surface area contributed by atoms with Gasteiger partial charge in [0.1, 0.15) is 11.5 Å². The third-order valence-corrected chi connectivity index (χ3v) is 4.33. The molecule has 0 amide bonds. The fourth-order valence-electron chi connectivity index (χ4n) is 3.01. The van der Waals surface area contributed by atoms with E-state index in [0.29, 0.717) is 23.3 Å². The highest BCUT2D eigenvalue weighted by molar-refractivity contribution is 5.39. The molecule has 0 saturated carbocycles. The zero-order chi connectivity index (χ0) is 14.8. The van der Waals surface area contributed by atoms with Gasteiger partial charge in [-0.3, -0.25) is 0 Å². The van der Waals surface area contributed by atoms with Gasteiger partial charge in [-0.15, -0.1) is 0 Å². The van der Waals surface area contributed by atoms with Gasteiger partial charge in [-0.25, -0.2) is 0 Å². The summed E-state index contributed by atoms with van der Waals surface area (Å²) in [5.74, 6) is 1.54. The van der Waals surface area contributed by atoms with E-state index in [1.54, 1.807) is 18.2 Å². The average molecular weight is 280 g/mol. The molecule has 2 nitrogen and oxygen atoms in total. The van der Waals surface area contributed by atoms with E-state index in [4.69, 9.17) is 0 Å². The van der Waals surface area contributed by atoms with E-state index >= 15 is 0 Å². The van der Waals surface area contributed by atoms with Crippen molar-refractivity contribution in [2.45, 2.75) is 31.6 Å². The normalized spacial score (nSPS) is 21.4. The molecule has 1 aliphatic rings. The molecule has 0 spiro atoms. The first-order chi connectivity index (χ1) is 10.1. The molecule has 2 heteroatoms. The fourth-order valence-corrected chi connectivity index (χ4v) is 3.01. The first kappa shape index (κ1) is 13.7. The highest BCUT2D eigenvalue weighted by Gasteiger charge is 2.18. The van der Waals surface area contributed by atoms with Crippen LogP contribution in [0, 0.1) is 6.92 Å². The summed E-state index contributed by atoms with van der Waals surface area (Å²) in [7, 11) is 0. The van der Waals surface area contributed by atoms with Crippen LogP contribution in [0.1, 0.15) is 41.4 Å². The zero-order valence-corrected chi connectivity index (χ0v) is 12.2. The molecule has 0 heterocycles. The lowest BCUT2D eigenvalue weighted by Crippen LogP contribution is -2.06. The smallest absolute Gasteiger partial charge is 0.118 e. The van der Waals surface area contributed by atoms with Crippen LogP contribution in [0.5, 0.6) is 11.5 Å². The van der Waals surface area contributed by atoms with Crippen LogP contribution in [-0.2, 0) is 0 Å². The Kier molecular flexibility index (Phi) is 3.70. The van der Waals surface area contributed by atoms with Crippen LogP contribution in [0.4, 0.5) is 0 Å². The number of phenolic OH excluding ortho intramolecular Hbond substituents is 2. The SMILES string of the molecule is Cc1cc(C2C=CC(c3ccc(O)cc3)CC2)ccc1O. The van der Waals surface area contributed by atoms with Gasteiger partial charge < -0.3 is 10.2 Å². The molecule has 0 saturated heterocycles. The number of rotatable bonds is 2. The molecule has 1 aliphatic carbocycles. The summed E-state index contributed by atoms with van der Waals surface area (Å²) < 4.78 is 0. The molecule has 2 atom stereocenters. The number of hydrogen-bond acceptors (Lipinski definition) is 2. The number of allylic oxidation sites excluding steroid dienone is 2. The molecule has 2 unspecified atom stereocenters. The van der Waals surface area contributed by atoms with Crippen LogP contribution in [-0.4, -0.2) is 10.2 Å². The van der Waals surface area contributed by atoms with Gasteiger partial charge in [0.15, 0.2) is 0 Å². The lowest BCUT2D eigenvalue weighted by molar-refractivity contribution is 0.470. The summed E-state index contributed by atoms with van der Waals surface area (Å²) >= 11 is 0. The predicted octanol–water partition coefficient (Wildman–Crippen LogP) is 4.62. The van der Waals surface area contributed by atoms with Crippen LogP contribution >= 0.6 is 0 Å². The Balaban J connectivity index is 1.77. The standard InChI is InChI=1S/C19H20O2/c1-13-12-17(8-11-19(13)21)16-4-2-14(3-5-16)15-6-9-18(20)10-7-15/h2,4,6-12,14,16,20-21H,3,5H2,1H3. The topological polar surface area (TPSA) is 40.5 Å². The first-order valence-electron chi connectivity index (χ1n) is 7.40. The summed E-state index contributed by atoms with van der Waals surface area (Å²) in [4.78, 5) is 0. The third kappa shape index (κ3) is 2.94. The van der Waals surface area contributed by atoms with Crippen LogP contribution in [0.15, 0.2) is 54.6 Å². The maximum Gasteiger partial charge on any atom is 0.118 e. The van der Waals surface area contributed by atoms with E-state index in [1.165, 1.54) is 11.1 Å². The Hall–Kier alpha value is -2.22. The van der Waals surface area contributed by atoms with Crippen molar-refractivity contribution in [1.82, 2.24) is 0 Å². The number of hydrogen-bond donors (Lipinski definition) is 2. The zero-order valence-electron chi connectivity index (χ0n) is 12.2. The van der Waals surface area contributed by atoms with Gasteiger partial charge in [0.05, 0.1) is 0 Å². The lowest BCUT2D eigenvalue weighted by atomic mass is 9.81. The molecule has 2 aromatic carbocycles. The van der Waals surface area contributed by atoms with E-state index < -0.39 is 0 Å². The van der Waals surface area contributed by atoms with Crippen molar-refractivity contribution in [1.29, 1.82) is 0 Å². The van der Waals surface area contributed by atoms with Gasteiger partial charge in [0.2, 0.25) is 0 Å². The van der Waals surface area contributed by atoms with Crippen LogP contribution in [0.25, 0.3) is 0 Å². The molecule has 0 bridgehead atoms. The summed E-state index contributed by atoms with van der Waals surface area (Å²) in [5, 5.41) is 19.0. The van der Waals surface area contributed by atoms with E-state index in [9.17, 15) is 10.2 Å². The van der Waals surface area contributed by atoms with Gasteiger partial charge in [0.25, 0.3) is 0 Å². The van der Waals surface area contributed by atoms with Crippen molar-refractivity contribution in [3.05, 3.63) is 71.3 Å². The number of benzene rings is 2. The highest BCUT2D eigenvalue weighted by atomic mass is 16.3. The third-order valence-electron chi connectivity index (χ3n) is 4.33. The summed E-state index contributed by atoms with van der Waals surface area (Å²) in [6.07, 6.45) is 6.74. The van der Waals surface area contributed by atoms with Crippen molar-refractivity contribution < 1.29 is 10.2 Å². The van der Waals surface area contributed by atoms with E-state index in [1.807, 2.05) is 25.1 Å². The second-order valence-corrected chi connectivity index (χ2v) is 5.81. The lowest BCUT2D eigenvalue weighted by Gasteiger charge is -2.24. The molecule has 0 fully saturated rings. The average Bonchev–Trinajstić information content (AvgIpc) is 2.51. The van der Waals surface area contributed by atoms with Crippen molar-refractivity contribution >= 4 is 0 Å². The van der Waals surface area contributed by atoms with E-state index in [0.717, 1.165) is 18.4 Å². The fraction of sp³-hybridized carbons (Fsp3) is 0.263. The molecule has 0 aromatic heterocycles. The Morgan fingerprint density at radius 1 is 0.810 bits per heavy atom. The van der Waals surface area contributed by atoms with Crippen molar-refractivity contribution in [2.75, 3.05) is 0 Å². The monoisotopic (exact) mass is 280 g/mol. The number of aromatic hydroxyl groups is 2. The summed E-state index contributed by atoms with van der Waals surface area (Å²) in [6.45, 7) is 1.94. The molecular formula is C19H20O2. The second kappa shape index (κ2) is 5.65. The molecule has 2 N–H and O–H groups in total. The van der Waals surface area contributed by atoms with E-state index in [-0.39, 0.29) is 0 Å².